The molecule has 13 nitrogen and oxygen atoms in total. The van der Waals surface area contributed by atoms with Crippen molar-refractivity contribution in [1.29, 1.82) is 0 Å². The lowest BCUT2D eigenvalue weighted by molar-refractivity contribution is -0.141. The molecule has 0 saturated carbocycles. The summed E-state index contributed by atoms with van der Waals surface area (Å²) in [5.74, 6) is -6.29. The fourth-order valence-electron chi connectivity index (χ4n) is 2.74. The van der Waals surface area contributed by atoms with Gasteiger partial charge < -0.3 is 37.6 Å². The molecule has 1 rings (SSSR count). The number of rotatable bonds is 14. The zero-order valence-corrected chi connectivity index (χ0v) is 17.7. The van der Waals surface area contributed by atoms with Gasteiger partial charge in [0.1, 0.15) is 18.6 Å². The zero-order valence-electron chi connectivity index (χ0n) is 17.7. The maximum Gasteiger partial charge on any atom is 0.322 e. The fourth-order valence-corrected chi connectivity index (χ4v) is 2.74. The van der Waals surface area contributed by atoms with Crippen LogP contribution >= 0.6 is 0 Å². The average Bonchev–Trinajstić information content (AvgIpc) is 2.74. The van der Waals surface area contributed by atoms with E-state index in [1.165, 1.54) is 0 Å². The predicted molar refractivity (Wildman–Crippen MR) is 113 cm³/mol. The van der Waals surface area contributed by atoms with Crippen LogP contribution < -0.4 is 27.4 Å². The van der Waals surface area contributed by atoms with Gasteiger partial charge in [0.05, 0.1) is 12.5 Å². The average molecular weight is 465 g/mol. The number of nitrogens with one attached hydrogen (secondary N) is 3. The third kappa shape index (κ3) is 10.7. The van der Waals surface area contributed by atoms with Crippen LogP contribution in [0.5, 0.6) is 0 Å². The summed E-state index contributed by atoms with van der Waals surface area (Å²) in [6.45, 7) is -0.791. The Hall–Kier alpha value is -4.00. The highest BCUT2D eigenvalue weighted by Crippen LogP contribution is 2.05. The number of primary amides is 1. The third-order valence-electron chi connectivity index (χ3n) is 4.37. The van der Waals surface area contributed by atoms with Crippen molar-refractivity contribution < 1.29 is 39.0 Å². The Bertz CT molecular complexity index is 876. The molecule has 0 bridgehead atoms. The normalized spacial score (nSPS) is 13.1. The van der Waals surface area contributed by atoms with Crippen LogP contribution in [0, 0.1) is 0 Å². The number of amides is 4. The van der Waals surface area contributed by atoms with Gasteiger partial charge in [0.15, 0.2) is 0 Å². The van der Waals surface area contributed by atoms with Crippen molar-refractivity contribution >= 4 is 35.6 Å². The summed E-state index contributed by atoms with van der Waals surface area (Å²) >= 11 is 0. The Labute approximate surface area is 188 Å². The van der Waals surface area contributed by atoms with Gasteiger partial charge in [-0.15, -0.1) is 0 Å². The number of hydrogen-bond acceptors (Lipinski definition) is 7. The highest BCUT2D eigenvalue weighted by Gasteiger charge is 2.29. The van der Waals surface area contributed by atoms with Gasteiger partial charge in [-0.3, -0.25) is 28.8 Å². The molecular weight excluding hydrogens is 438 g/mol. The molecule has 0 saturated heterocycles. The lowest BCUT2D eigenvalue weighted by Crippen LogP contribution is -2.56. The number of carboxylic acids is 2. The van der Waals surface area contributed by atoms with Gasteiger partial charge >= 0.3 is 11.9 Å². The van der Waals surface area contributed by atoms with Gasteiger partial charge in [-0.25, -0.2) is 0 Å². The zero-order chi connectivity index (χ0) is 25.0. The smallest absolute Gasteiger partial charge is 0.322 e. The minimum atomic E-state index is -1.62. The molecule has 3 unspecified atom stereocenters. The number of benzene rings is 1. The molecule has 1 aromatic carbocycles. The third-order valence-corrected chi connectivity index (χ3v) is 4.37. The molecule has 3 atom stereocenters. The number of nitrogens with two attached hydrogens (primary N) is 2. The van der Waals surface area contributed by atoms with E-state index in [0.29, 0.717) is 0 Å². The number of carbonyl (C=O) groups is 6. The number of carboxylic acid groups (broad SMARTS) is 2. The minimum Gasteiger partial charge on any atom is -0.481 e. The molecule has 1 aromatic rings. The first-order chi connectivity index (χ1) is 15.5. The first-order valence-corrected chi connectivity index (χ1v) is 9.89. The molecule has 180 valence electrons. The molecule has 13 heteroatoms. The van der Waals surface area contributed by atoms with E-state index in [1.807, 2.05) is 5.32 Å². The molecule has 0 aliphatic carbocycles. The lowest BCUT2D eigenvalue weighted by atomic mass is 10.0. The van der Waals surface area contributed by atoms with E-state index in [4.69, 9.17) is 21.7 Å². The largest absolute Gasteiger partial charge is 0.481 e. The van der Waals surface area contributed by atoms with Gasteiger partial charge in [-0.05, 0) is 18.4 Å². The first-order valence-electron chi connectivity index (χ1n) is 9.89. The van der Waals surface area contributed by atoms with E-state index < -0.39 is 66.7 Å². The first kappa shape index (κ1) is 27.0. The molecule has 0 aliphatic heterocycles. The molecule has 9 N–H and O–H groups in total. The van der Waals surface area contributed by atoms with Crippen LogP contribution in [0.25, 0.3) is 0 Å². The second kappa shape index (κ2) is 13.4. The summed E-state index contributed by atoms with van der Waals surface area (Å²) in [6, 6.07) is 4.83. The SMILES string of the molecule is NC(=O)CCC(NC(=O)C(N)Cc1ccccc1)C(=O)NC(CC(=O)O)C(=O)NCC(=O)O. The number of aliphatic carboxylic acids is 2. The van der Waals surface area contributed by atoms with E-state index in [2.05, 4.69) is 10.6 Å². The van der Waals surface area contributed by atoms with Crippen LogP contribution in [0.15, 0.2) is 30.3 Å². The van der Waals surface area contributed by atoms with Gasteiger partial charge in [0.2, 0.25) is 23.6 Å². The number of hydrogen-bond donors (Lipinski definition) is 7. The van der Waals surface area contributed by atoms with Crippen molar-refractivity contribution in [2.75, 3.05) is 6.54 Å². The molecule has 0 aromatic heterocycles. The van der Waals surface area contributed by atoms with Crippen LogP contribution in [0.1, 0.15) is 24.8 Å². The van der Waals surface area contributed by atoms with E-state index in [1.54, 1.807) is 30.3 Å². The van der Waals surface area contributed by atoms with Crippen molar-refractivity contribution in [1.82, 2.24) is 16.0 Å². The molecule has 0 heterocycles. The summed E-state index contributed by atoms with van der Waals surface area (Å²) in [6.07, 6.45) is -1.21. The Morgan fingerprint density at radius 2 is 1.45 bits per heavy atom. The minimum absolute atomic E-state index is 0.163. The van der Waals surface area contributed by atoms with Crippen LogP contribution in [0.3, 0.4) is 0 Å². The van der Waals surface area contributed by atoms with Crippen LogP contribution in [0.2, 0.25) is 0 Å². The monoisotopic (exact) mass is 465 g/mol. The second-order valence-electron chi connectivity index (χ2n) is 7.13. The van der Waals surface area contributed by atoms with Crippen molar-refractivity contribution in [3.63, 3.8) is 0 Å². The van der Waals surface area contributed by atoms with Gasteiger partial charge in [0, 0.05) is 6.42 Å². The Balaban J connectivity index is 2.90. The van der Waals surface area contributed by atoms with Gasteiger partial charge in [0.25, 0.3) is 0 Å². The molecule has 0 spiro atoms. The van der Waals surface area contributed by atoms with E-state index in [0.717, 1.165) is 5.56 Å². The van der Waals surface area contributed by atoms with Crippen molar-refractivity contribution in [2.24, 2.45) is 11.5 Å². The second-order valence-corrected chi connectivity index (χ2v) is 7.13. The predicted octanol–water partition coefficient (Wildman–Crippen LogP) is -2.53. The Morgan fingerprint density at radius 3 is 2.00 bits per heavy atom. The molecule has 0 aliphatic rings. The topological polar surface area (TPSA) is 231 Å². The van der Waals surface area contributed by atoms with Gasteiger partial charge in [-0.2, -0.15) is 0 Å². The molecular formula is C20H27N5O8. The molecule has 0 fully saturated rings. The summed E-state index contributed by atoms with van der Waals surface area (Å²) < 4.78 is 0. The standard InChI is InChI=1S/C20H27N5O8/c21-12(8-11-4-2-1-3-5-11)18(31)24-13(6-7-15(22)26)20(33)25-14(9-16(27)28)19(32)23-10-17(29)30/h1-5,12-14H,6-10,21H2,(H2,22,26)(H,23,32)(H,24,31)(H,25,33)(H,27,28)(H,29,30). The lowest BCUT2D eigenvalue weighted by Gasteiger charge is -2.23. The van der Waals surface area contributed by atoms with E-state index >= 15 is 0 Å². The van der Waals surface area contributed by atoms with Crippen molar-refractivity contribution in [3.05, 3.63) is 35.9 Å². The van der Waals surface area contributed by atoms with Crippen LogP contribution in [-0.2, 0) is 35.2 Å². The molecule has 33 heavy (non-hydrogen) atoms. The summed E-state index contributed by atoms with van der Waals surface area (Å²) in [5.41, 5.74) is 11.8. The maximum absolute atomic E-state index is 12.7. The van der Waals surface area contributed by atoms with E-state index in [-0.39, 0.29) is 19.3 Å². The van der Waals surface area contributed by atoms with Gasteiger partial charge in [-0.1, -0.05) is 30.3 Å². The highest BCUT2D eigenvalue weighted by atomic mass is 16.4. The van der Waals surface area contributed by atoms with E-state index in [9.17, 15) is 28.8 Å². The van der Waals surface area contributed by atoms with Crippen molar-refractivity contribution in [3.8, 4) is 0 Å². The quantitative estimate of drug-likeness (QED) is 0.153. The highest BCUT2D eigenvalue weighted by molar-refractivity contribution is 5.95. The summed E-state index contributed by atoms with van der Waals surface area (Å²) in [4.78, 5) is 70.2. The molecule has 0 radical (unpaired) electrons. The fraction of sp³-hybridized carbons (Fsp3) is 0.400. The van der Waals surface area contributed by atoms with Crippen molar-refractivity contribution in [2.45, 2.75) is 43.8 Å². The summed E-state index contributed by atoms with van der Waals surface area (Å²) in [7, 11) is 0. The van der Waals surface area contributed by atoms with Crippen LogP contribution in [-0.4, -0.2) is 70.5 Å². The Kier molecular flexibility index (Phi) is 11.0. The number of carbonyl (C=O) groups excluding carboxylic acids is 4. The van der Waals surface area contributed by atoms with Crippen LogP contribution in [0.4, 0.5) is 0 Å². The maximum atomic E-state index is 12.7. The molecule has 4 amide bonds. The summed E-state index contributed by atoms with van der Waals surface area (Å²) in [5, 5.41) is 24.2. The Morgan fingerprint density at radius 1 is 0.848 bits per heavy atom.